The van der Waals surface area contributed by atoms with Gasteiger partial charge in [-0.2, -0.15) is 13.2 Å². The van der Waals surface area contributed by atoms with Crippen molar-refractivity contribution in [2.45, 2.75) is 32.0 Å². The predicted octanol–water partition coefficient (Wildman–Crippen LogP) is 2.49. The normalized spacial score (nSPS) is 14.4. The third-order valence-electron chi connectivity index (χ3n) is 1.74. The van der Waals surface area contributed by atoms with E-state index in [1.165, 1.54) is 7.05 Å². The first-order chi connectivity index (χ1) is 5.41. The summed E-state index contributed by atoms with van der Waals surface area (Å²) in [6, 6.07) is -1.45. The van der Waals surface area contributed by atoms with Crippen molar-refractivity contribution in [2.75, 3.05) is 7.05 Å². The Bertz CT molecular complexity index is 151. The molecule has 0 aliphatic rings. The highest BCUT2D eigenvalue weighted by Crippen LogP contribution is 2.24. The molecule has 0 aromatic heterocycles. The van der Waals surface area contributed by atoms with E-state index < -0.39 is 12.2 Å². The van der Waals surface area contributed by atoms with E-state index in [-0.39, 0.29) is 6.42 Å². The van der Waals surface area contributed by atoms with E-state index in [9.17, 15) is 13.2 Å². The Balaban J connectivity index is 4.09. The molecule has 4 heteroatoms. The summed E-state index contributed by atoms with van der Waals surface area (Å²) in [5.41, 5.74) is 0.617. The van der Waals surface area contributed by atoms with E-state index in [1.54, 1.807) is 6.92 Å². The molecule has 0 bridgehead atoms. The zero-order valence-electron chi connectivity index (χ0n) is 7.33. The molecule has 1 nitrogen and oxygen atoms in total. The lowest BCUT2D eigenvalue weighted by Crippen LogP contribution is -2.40. The van der Waals surface area contributed by atoms with E-state index in [0.29, 0.717) is 12.0 Å². The molecule has 0 heterocycles. The van der Waals surface area contributed by atoms with Gasteiger partial charge in [-0.15, -0.1) is 0 Å². The smallest absolute Gasteiger partial charge is 0.309 e. The summed E-state index contributed by atoms with van der Waals surface area (Å²) in [4.78, 5) is 0. The van der Waals surface area contributed by atoms with Crippen LogP contribution in [0.5, 0.6) is 0 Å². The Hall–Kier alpha value is -0.510. The second-order valence-electron chi connectivity index (χ2n) is 2.69. The lowest BCUT2D eigenvalue weighted by molar-refractivity contribution is -0.154. The molecule has 0 aliphatic carbocycles. The van der Waals surface area contributed by atoms with Gasteiger partial charge in [-0.3, -0.25) is 0 Å². The molecule has 12 heavy (non-hydrogen) atoms. The molecule has 0 amide bonds. The van der Waals surface area contributed by atoms with Gasteiger partial charge in [0.1, 0.15) is 6.04 Å². The van der Waals surface area contributed by atoms with Crippen LogP contribution in [0.25, 0.3) is 0 Å². The molecule has 72 valence electrons. The van der Waals surface area contributed by atoms with Crippen molar-refractivity contribution >= 4 is 0 Å². The third kappa shape index (κ3) is 3.76. The lowest BCUT2D eigenvalue weighted by atomic mass is 10.1. The first kappa shape index (κ1) is 11.5. The van der Waals surface area contributed by atoms with Crippen LogP contribution in [0.15, 0.2) is 12.2 Å². The summed E-state index contributed by atoms with van der Waals surface area (Å²) in [5.74, 6) is 0. The Morgan fingerprint density at radius 1 is 1.50 bits per heavy atom. The van der Waals surface area contributed by atoms with E-state index in [0.717, 1.165) is 0 Å². The summed E-state index contributed by atoms with van der Waals surface area (Å²) in [6.45, 7) is 5.33. The van der Waals surface area contributed by atoms with Gasteiger partial charge < -0.3 is 5.32 Å². The molecule has 0 rings (SSSR count). The van der Waals surface area contributed by atoms with Gasteiger partial charge in [0.15, 0.2) is 0 Å². The van der Waals surface area contributed by atoms with Crippen LogP contribution in [0.2, 0.25) is 0 Å². The average Bonchev–Trinajstić information content (AvgIpc) is 1.97. The number of hydrogen-bond donors (Lipinski definition) is 1. The second kappa shape index (κ2) is 4.50. The summed E-state index contributed by atoms with van der Waals surface area (Å²) in [5, 5.41) is 2.22. The minimum Gasteiger partial charge on any atom is -0.309 e. The van der Waals surface area contributed by atoms with Gasteiger partial charge >= 0.3 is 6.18 Å². The molecule has 1 atom stereocenters. The highest BCUT2D eigenvalue weighted by molar-refractivity contribution is 4.98. The third-order valence-corrected chi connectivity index (χ3v) is 1.74. The van der Waals surface area contributed by atoms with Crippen molar-refractivity contribution in [3.63, 3.8) is 0 Å². The van der Waals surface area contributed by atoms with Gasteiger partial charge in [0.05, 0.1) is 0 Å². The average molecular weight is 181 g/mol. The van der Waals surface area contributed by atoms with Gasteiger partial charge in [0, 0.05) is 0 Å². The lowest BCUT2D eigenvalue weighted by Gasteiger charge is -2.19. The maximum Gasteiger partial charge on any atom is 0.404 e. The van der Waals surface area contributed by atoms with E-state index >= 15 is 0 Å². The fraction of sp³-hybridized carbons (Fsp3) is 0.750. The standard InChI is InChI=1S/C8H14F3N/c1-4-6(2)5-7(12-3)8(9,10)11/h7,12H,2,4-5H2,1,3H3. The molecule has 0 saturated heterocycles. The molecule has 0 aliphatic heterocycles. The van der Waals surface area contributed by atoms with Crippen LogP contribution in [0, 0.1) is 0 Å². The summed E-state index contributed by atoms with van der Waals surface area (Å²) >= 11 is 0. The Morgan fingerprint density at radius 3 is 2.25 bits per heavy atom. The maximum atomic E-state index is 12.1. The van der Waals surface area contributed by atoms with E-state index in [2.05, 4.69) is 11.9 Å². The molecule has 0 radical (unpaired) electrons. The topological polar surface area (TPSA) is 12.0 Å². The molecule has 1 unspecified atom stereocenters. The van der Waals surface area contributed by atoms with Crippen molar-refractivity contribution < 1.29 is 13.2 Å². The largest absolute Gasteiger partial charge is 0.404 e. The van der Waals surface area contributed by atoms with Crippen molar-refractivity contribution in [1.29, 1.82) is 0 Å². The van der Waals surface area contributed by atoms with Gasteiger partial charge in [-0.1, -0.05) is 19.1 Å². The fourth-order valence-corrected chi connectivity index (χ4v) is 0.814. The highest BCUT2D eigenvalue weighted by Gasteiger charge is 2.38. The van der Waals surface area contributed by atoms with Gasteiger partial charge in [-0.05, 0) is 19.9 Å². The predicted molar refractivity (Wildman–Crippen MR) is 43.0 cm³/mol. The first-order valence-corrected chi connectivity index (χ1v) is 3.82. The minimum atomic E-state index is -4.17. The van der Waals surface area contributed by atoms with Crippen LogP contribution in [0.4, 0.5) is 13.2 Å². The molecule has 0 fully saturated rings. The van der Waals surface area contributed by atoms with E-state index in [1.807, 2.05) is 0 Å². The van der Waals surface area contributed by atoms with E-state index in [4.69, 9.17) is 0 Å². The first-order valence-electron chi connectivity index (χ1n) is 3.82. The molecule has 1 N–H and O–H groups in total. The highest BCUT2D eigenvalue weighted by atomic mass is 19.4. The summed E-state index contributed by atoms with van der Waals surface area (Å²) in [7, 11) is 1.31. The molecule has 0 spiro atoms. The zero-order chi connectivity index (χ0) is 9.78. The number of nitrogens with one attached hydrogen (secondary N) is 1. The SMILES string of the molecule is C=C(CC)CC(NC)C(F)(F)F. The van der Waals surface area contributed by atoms with Crippen LogP contribution in [0.3, 0.4) is 0 Å². The van der Waals surface area contributed by atoms with Crippen molar-refractivity contribution in [1.82, 2.24) is 5.32 Å². The Labute approximate surface area is 70.7 Å². The molecule has 0 aromatic rings. The summed E-state index contributed by atoms with van der Waals surface area (Å²) in [6.07, 6.45) is -3.61. The zero-order valence-corrected chi connectivity index (χ0v) is 7.33. The number of alkyl halides is 3. The quantitative estimate of drug-likeness (QED) is 0.657. The number of rotatable bonds is 4. The second-order valence-corrected chi connectivity index (χ2v) is 2.69. The number of hydrogen-bond acceptors (Lipinski definition) is 1. The minimum absolute atomic E-state index is 0.0312. The van der Waals surface area contributed by atoms with Crippen LogP contribution >= 0.6 is 0 Å². The molecular formula is C8H14F3N. The van der Waals surface area contributed by atoms with Crippen molar-refractivity contribution in [2.24, 2.45) is 0 Å². The monoisotopic (exact) mass is 181 g/mol. The van der Waals surface area contributed by atoms with Crippen LogP contribution in [-0.4, -0.2) is 19.3 Å². The Kier molecular flexibility index (Phi) is 4.31. The maximum absolute atomic E-state index is 12.1. The molecule has 0 aromatic carbocycles. The van der Waals surface area contributed by atoms with Crippen LogP contribution in [-0.2, 0) is 0 Å². The number of halogens is 3. The van der Waals surface area contributed by atoms with Crippen LogP contribution < -0.4 is 5.32 Å². The van der Waals surface area contributed by atoms with Crippen LogP contribution in [0.1, 0.15) is 19.8 Å². The summed E-state index contributed by atoms with van der Waals surface area (Å²) < 4.78 is 36.3. The van der Waals surface area contributed by atoms with Crippen molar-refractivity contribution in [3.05, 3.63) is 12.2 Å². The fourth-order valence-electron chi connectivity index (χ4n) is 0.814. The molecular weight excluding hydrogens is 167 g/mol. The van der Waals surface area contributed by atoms with Gasteiger partial charge in [-0.25, -0.2) is 0 Å². The van der Waals surface area contributed by atoms with Gasteiger partial charge in [0.2, 0.25) is 0 Å². The Morgan fingerprint density at radius 2 is 2.00 bits per heavy atom. The van der Waals surface area contributed by atoms with Gasteiger partial charge in [0.25, 0.3) is 0 Å². The molecule has 0 saturated carbocycles. The van der Waals surface area contributed by atoms with Crippen molar-refractivity contribution in [3.8, 4) is 0 Å².